The summed E-state index contributed by atoms with van der Waals surface area (Å²) in [6.45, 7) is 1.54. The van der Waals surface area contributed by atoms with Gasteiger partial charge in [-0.1, -0.05) is 0 Å². The Morgan fingerprint density at radius 2 is 1.91 bits per heavy atom. The van der Waals surface area contributed by atoms with E-state index in [1.165, 1.54) is 0 Å². The molecule has 0 unspecified atom stereocenters. The van der Waals surface area contributed by atoms with Gasteiger partial charge in [0.2, 0.25) is 0 Å². The summed E-state index contributed by atoms with van der Waals surface area (Å²) in [6, 6.07) is 0. The number of piperidine rings is 1. The smallest absolute Gasteiger partial charge is 0.317 e. The van der Waals surface area contributed by atoms with Crippen molar-refractivity contribution in [3.8, 4) is 0 Å². The number of phosphoric acid groups is 1. The lowest BCUT2D eigenvalue weighted by atomic mass is 10.1. The second-order valence-corrected chi connectivity index (χ2v) is 3.74. The highest BCUT2D eigenvalue weighted by Gasteiger charge is 2.23. The highest BCUT2D eigenvalue weighted by Crippen LogP contribution is 2.39. The highest BCUT2D eigenvalue weighted by atomic mass is 31.2. The largest absolute Gasteiger partial charge is 0.469 e. The molecule has 1 saturated heterocycles. The molecule has 66 valence electrons. The lowest BCUT2D eigenvalue weighted by molar-refractivity contribution is 0.109. The van der Waals surface area contributed by atoms with Gasteiger partial charge in [-0.2, -0.15) is 0 Å². The lowest BCUT2D eigenvalue weighted by Crippen LogP contribution is -2.31. The summed E-state index contributed by atoms with van der Waals surface area (Å²) in [6.07, 6.45) is 1.06. The summed E-state index contributed by atoms with van der Waals surface area (Å²) >= 11 is 0. The predicted octanol–water partition coefficient (Wildman–Crippen LogP) is -0.152. The fourth-order valence-corrected chi connectivity index (χ4v) is 1.69. The molecule has 0 aliphatic carbocycles. The van der Waals surface area contributed by atoms with Crippen molar-refractivity contribution in [3.63, 3.8) is 0 Å². The molecule has 0 bridgehead atoms. The van der Waals surface area contributed by atoms with Gasteiger partial charge in [-0.25, -0.2) is 4.57 Å². The zero-order valence-corrected chi connectivity index (χ0v) is 6.96. The lowest BCUT2D eigenvalue weighted by Gasteiger charge is -2.22. The van der Waals surface area contributed by atoms with Gasteiger partial charge >= 0.3 is 7.82 Å². The number of rotatable bonds is 2. The van der Waals surface area contributed by atoms with Gasteiger partial charge in [-0.05, 0) is 25.9 Å². The Balaban J connectivity index is 2.30. The highest BCUT2D eigenvalue weighted by molar-refractivity contribution is 7.46. The zero-order valence-electron chi connectivity index (χ0n) is 6.06. The Bertz CT molecular complexity index is 162. The van der Waals surface area contributed by atoms with Crippen LogP contribution >= 0.6 is 7.82 Å². The van der Waals surface area contributed by atoms with E-state index in [2.05, 4.69) is 9.84 Å². The summed E-state index contributed by atoms with van der Waals surface area (Å²) in [5, 5.41) is 3.07. The minimum absolute atomic E-state index is 0.280. The first-order chi connectivity index (χ1) is 5.08. The molecule has 1 fully saturated rings. The van der Waals surface area contributed by atoms with E-state index < -0.39 is 7.82 Å². The van der Waals surface area contributed by atoms with E-state index >= 15 is 0 Å². The number of phosphoric ester groups is 1. The van der Waals surface area contributed by atoms with E-state index in [-0.39, 0.29) is 6.10 Å². The molecule has 0 aromatic heterocycles. The first-order valence-corrected chi connectivity index (χ1v) is 5.05. The Kier molecular flexibility index (Phi) is 3.04. The van der Waals surface area contributed by atoms with Crippen LogP contribution in [0.25, 0.3) is 0 Å². The second kappa shape index (κ2) is 3.65. The van der Waals surface area contributed by atoms with Gasteiger partial charge in [-0.15, -0.1) is 0 Å². The number of hydrogen-bond donors (Lipinski definition) is 3. The maximum Gasteiger partial charge on any atom is 0.469 e. The Hall–Kier alpha value is 0.0700. The molecule has 0 aromatic rings. The molecule has 3 N–H and O–H groups in total. The average Bonchev–Trinajstić information content (AvgIpc) is 1.85. The summed E-state index contributed by atoms with van der Waals surface area (Å²) in [7, 11) is -4.26. The van der Waals surface area contributed by atoms with E-state index in [0.717, 1.165) is 13.1 Å². The van der Waals surface area contributed by atoms with E-state index in [4.69, 9.17) is 9.79 Å². The predicted molar refractivity (Wildman–Crippen MR) is 39.0 cm³/mol. The van der Waals surface area contributed by atoms with Crippen LogP contribution in [0.5, 0.6) is 0 Å². The fraction of sp³-hybridized carbons (Fsp3) is 1.00. The zero-order chi connectivity index (χ0) is 8.32. The van der Waals surface area contributed by atoms with Crippen LogP contribution in [-0.4, -0.2) is 29.0 Å². The van der Waals surface area contributed by atoms with Crippen molar-refractivity contribution in [2.45, 2.75) is 18.9 Å². The Labute approximate surface area is 65.0 Å². The molecule has 1 heterocycles. The summed E-state index contributed by atoms with van der Waals surface area (Å²) in [5.74, 6) is 0. The molecule has 6 heteroatoms. The molecule has 1 aliphatic heterocycles. The number of nitrogens with one attached hydrogen (secondary N) is 1. The van der Waals surface area contributed by atoms with Crippen LogP contribution in [0.1, 0.15) is 12.8 Å². The molecule has 1 rings (SSSR count). The third-order valence-corrected chi connectivity index (χ3v) is 2.15. The van der Waals surface area contributed by atoms with Crippen LogP contribution in [0.4, 0.5) is 0 Å². The minimum atomic E-state index is -4.26. The first-order valence-electron chi connectivity index (χ1n) is 3.52. The molecule has 1 aliphatic rings. The van der Waals surface area contributed by atoms with E-state index in [9.17, 15) is 4.57 Å². The molecule has 11 heavy (non-hydrogen) atoms. The van der Waals surface area contributed by atoms with Gasteiger partial charge in [0.15, 0.2) is 0 Å². The third-order valence-electron chi connectivity index (χ3n) is 1.57. The first kappa shape index (κ1) is 9.16. The third kappa shape index (κ3) is 3.84. The molecule has 0 radical (unpaired) electrons. The SMILES string of the molecule is O=P(O)(O)OC1CCNCC1. The molecule has 0 aromatic carbocycles. The van der Waals surface area contributed by atoms with E-state index in [1.54, 1.807) is 0 Å². The van der Waals surface area contributed by atoms with Crippen LogP contribution in [0, 0.1) is 0 Å². The van der Waals surface area contributed by atoms with Crippen LogP contribution in [0.15, 0.2) is 0 Å². The molecule has 0 atom stereocenters. The standard InChI is InChI=1S/C5H12NO4P/c7-11(8,9)10-5-1-3-6-4-2-5/h5-6H,1-4H2,(H2,7,8,9). The van der Waals surface area contributed by atoms with Crippen molar-refractivity contribution in [2.75, 3.05) is 13.1 Å². The molecular weight excluding hydrogens is 169 g/mol. The molecule has 5 nitrogen and oxygen atoms in total. The quantitative estimate of drug-likeness (QED) is 0.516. The molecular formula is C5H12NO4P. The monoisotopic (exact) mass is 181 g/mol. The van der Waals surface area contributed by atoms with Crippen molar-refractivity contribution >= 4 is 7.82 Å². The van der Waals surface area contributed by atoms with Crippen molar-refractivity contribution in [1.82, 2.24) is 5.32 Å². The van der Waals surface area contributed by atoms with Gasteiger partial charge in [0.1, 0.15) is 0 Å². The van der Waals surface area contributed by atoms with Crippen molar-refractivity contribution in [2.24, 2.45) is 0 Å². The van der Waals surface area contributed by atoms with E-state index in [0.29, 0.717) is 12.8 Å². The van der Waals surface area contributed by atoms with E-state index in [1.807, 2.05) is 0 Å². The van der Waals surface area contributed by atoms with Gasteiger partial charge < -0.3 is 15.1 Å². The molecule has 0 spiro atoms. The Morgan fingerprint density at radius 3 is 2.36 bits per heavy atom. The maximum absolute atomic E-state index is 10.4. The van der Waals surface area contributed by atoms with Crippen LogP contribution < -0.4 is 5.32 Å². The summed E-state index contributed by atoms with van der Waals surface area (Å²) in [4.78, 5) is 16.9. The number of hydrogen-bond acceptors (Lipinski definition) is 3. The Morgan fingerprint density at radius 1 is 1.36 bits per heavy atom. The van der Waals surface area contributed by atoms with Crippen molar-refractivity contribution < 1.29 is 18.9 Å². The second-order valence-electron chi connectivity index (χ2n) is 2.55. The normalized spacial score (nSPS) is 22.0. The topological polar surface area (TPSA) is 78.8 Å². The van der Waals surface area contributed by atoms with Gasteiger partial charge in [0.25, 0.3) is 0 Å². The van der Waals surface area contributed by atoms with Crippen molar-refractivity contribution in [1.29, 1.82) is 0 Å². The van der Waals surface area contributed by atoms with Crippen LogP contribution in [0.2, 0.25) is 0 Å². The fourth-order valence-electron chi connectivity index (χ4n) is 1.10. The van der Waals surface area contributed by atoms with Crippen LogP contribution in [-0.2, 0) is 9.09 Å². The van der Waals surface area contributed by atoms with Gasteiger partial charge in [0.05, 0.1) is 6.10 Å². The van der Waals surface area contributed by atoms with Crippen LogP contribution in [0.3, 0.4) is 0 Å². The summed E-state index contributed by atoms with van der Waals surface area (Å²) in [5.41, 5.74) is 0. The maximum atomic E-state index is 10.4. The van der Waals surface area contributed by atoms with Gasteiger partial charge in [0, 0.05) is 0 Å². The van der Waals surface area contributed by atoms with Gasteiger partial charge in [-0.3, -0.25) is 4.52 Å². The average molecular weight is 181 g/mol. The van der Waals surface area contributed by atoms with Crippen molar-refractivity contribution in [3.05, 3.63) is 0 Å². The summed E-state index contributed by atoms with van der Waals surface area (Å²) < 4.78 is 14.9. The minimum Gasteiger partial charge on any atom is -0.317 e. The molecule has 0 amide bonds. The molecule has 0 saturated carbocycles.